The molecule has 6 aromatic rings. The Balaban J connectivity index is 0.000000194. The lowest BCUT2D eigenvalue weighted by molar-refractivity contribution is -0.384. The van der Waals surface area contributed by atoms with Crippen molar-refractivity contribution in [2.75, 3.05) is 0 Å². The SMILES string of the molecule is C=C(c1cn(Cc2ccccc2)c2cc([N+](=O)[O-])ccc12)C(F)(F)F.O=C(c1cn(Cc2ccccc2)c2cc([N+](=O)[O-])ccc12)C(F)(F)F. The number of carbonyl (C=O) groups is 1. The van der Waals surface area contributed by atoms with Crippen molar-refractivity contribution in [3.63, 3.8) is 0 Å². The van der Waals surface area contributed by atoms with E-state index in [0.29, 0.717) is 12.1 Å². The van der Waals surface area contributed by atoms with Crippen LogP contribution in [-0.4, -0.2) is 37.1 Å². The van der Waals surface area contributed by atoms with Gasteiger partial charge in [0.1, 0.15) is 0 Å². The standard InChI is InChI=1S/C18H13F3N2O2.C17H11F3N2O3/c1-12(18(19,20)21)16-11-22(10-13-5-3-2-4-6-13)17-9-14(23(24)25)7-8-15(16)17;18-17(19,20)16(23)14-10-21(9-11-4-2-1-3-5-11)15-8-12(22(24)25)6-7-13(14)15/h2-9,11H,1,10H2;1-8,10H,9H2. The number of Topliss-reactive ketones (excluding diaryl/α,β-unsaturated/α-hetero) is 1. The van der Waals surface area contributed by atoms with Crippen LogP contribution in [0.2, 0.25) is 0 Å². The number of aromatic nitrogens is 2. The fourth-order valence-corrected chi connectivity index (χ4v) is 5.34. The number of rotatable bonds is 8. The minimum atomic E-state index is -5.02. The molecule has 0 amide bonds. The highest BCUT2D eigenvalue weighted by Crippen LogP contribution is 2.38. The Hall–Kier alpha value is -6.25. The average molecular weight is 695 g/mol. The van der Waals surface area contributed by atoms with Gasteiger partial charge in [0.2, 0.25) is 0 Å². The second-order valence-electron chi connectivity index (χ2n) is 11.0. The third kappa shape index (κ3) is 7.56. The third-order valence-electron chi connectivity index (χ3n) is 7.71. The zero-order valence-corrected chi connectivity index (χ0v) is 25.6. The van der Waals surface area contributed by atoms with Gasteiger partial charge in [-0.15, -0.1) is 0 Å². The van der Waals surface area contributed by atoms with Gasteiger partial charge in [0, 0.05) is 66.1 Å². The Labute approximate surface area is 278 Å². The van der Waals surface area contributed by atoms with Crippen LogP contribution in [0.3, 0.4) is 0 Å². The molecule has 9 nitrogen and oxygen atoms in total. The summed E-state index contributed by atoms with van der Waals surface area (Å²) in [5.74, 6) is -1.97. The van der Waals surface area contributed by atoms with Crippen LogP contribution < -0.4 is 0 Å². The number of nitro benzene ring substituents is 2. The molecule has 15 heteroatoms. The summed E-state index contributed by atoms with van der Waals surface area (Å²) in [6, 6.07) is 25.3. The van der Waals surface area contributed by atoms with E-state index in [2.05, 4.69) is 6.58 Å². The van der Waals surface area contributed by atoms with Crippen molar-refractivity contribution < 1.29 is 41.0 Å². The van der Waals surface area contributed by atoms with Crippen LogP contribution in [0.25, 0.3) is 27.4 Å². The largest absolute Gasteiger partial charge is 0.454 e. The number of alkyl halides is 6. The molecule has 0 N–H and O–H groups in total. The summed E-state index contributed by atoms with van der Waals surface area (Å²) in [4.78, 5) is 32.5. The van der Waals surface area contributed by atoms with E-state index in [9.17, 15) is 51.4 Å². The Bertz CT molecular complexity index is 2080. The molecule has 0 unspecified atom stereocenters. The highest BCUT2D eigenvalue weighted by Gasteiger charge is 2.41. The fourth-order valence-electron chi connectivity index (χ4n) is 5.34. The van der Waals surface area contributed by atoms with Crippen molar-refractivity contribution in [1.82, 2.24) is 9.13 Å². The number of halogens is 6. The molecule has 0 atom stereocenters. The van der Waals surface area contributed by atoms with Crippen LogP contribution in [0.5, 0.6) is 0 Å². The summed E-state index contributed by atoms with van der Waals surface area (Å²) >= 11 is 0. The fraction of sp³-hybridized carbons (Fsp3) is 0.114. The zero-order valence-electron chi connectivity index (χ0n) is 25.6. The number of benzene rings is 4. The molecule has 2 aromatic heterocycles. The molecular weight excluding hydrogens is 670 g/mol. The molecule has 6 rings (SSSR count). The molecule has 0 radical (unpaired) electrons. The first kappa shape index (κ1) is 35.1. The number of hydrogen-bond acceptors (Lipinski definition) is 5. The molecule has 0 fully saturated rings. The van der Waals surface area contributed by atoms with Crippen LogP contribution in [-0.2, 0) is 13.1 Å². The van der Waals surface area contributed by atoms with Gasteiger partial charge >= 0.3 is 12.4 Å². The van der Waals surface area contributed by atoms with Crippen molar-refractivity contribution in [2.45, 2.75) is 25.4 Å². The Morgan fingerprint density at radius 2 is 1.02 bits per heavy atom. The van der Waals surface area contributed by atoms with Crippen molar-refractivity contribution in [1.29, 1.82) is 0 Å². The predicted molar refractivity (Wildman–Crippen MR) is 174 cm³/mol. The number of allylic oxidation sites excluding steroid dienone is 1. The summed E-state index contributed by atoms with van der Waals surface area (Å²) in [7, 11) is 0. The molecule has 0 bridgehead atoms. The topological polar surface area (TPSA) is 113 Å². The first-order chi connectivity index (χ1) is 23.5. The molecule has 0 aliphatic heterocycles. The number of hydrogen-bond donors (Lipinski definition) is 0. The lowest BCUT2D eigenvalue weighted by Gasteiger charge is -2.08. The average Bonchev–Trinajstić information content (AvgIpc) is 3.61. The van der Waals surface area contributed by atoms with Gasteiger partial charge < -0.3 is 9.13 Å². The highest BCUT2D eigenvalue weighted by molar-refractivity contribution is 6.11. The summed E-state index contributed by atoms with van der Waals surface area (Å²) in [6.45, 7) is 3.63. The van der Waals surface area contributed by atoms with Gasteiger partial charge in [-0.3, -0.25) is 25.0 Å². The smallest absolute Gasteiger partial charge is 0.342 e. The summed E-state index contributed by atoms with van der Waals surface area (Å²) in [5, 5.41) is 22.3. The number of fused-ring (bicyclic) bond motifs is 2. The van der Waals surface area contributed by atoms with Crippen LogP contribution in [0.15, 0.2) is 116 Å². The number of carbonyl (C=O) groups excluding carboxylic acids is 1. The number of non-ortho nitro benzene ring substituents is 2. The monoisotopic (exact) mass is 694 g/mol. The zero-order chi connectivity index (χ0) is 36.4. The molecule has 0 aliphatic carbocycles. The molecule has 50 heavy (non-hydrogen) atoms. The van der Waals surface area contributed by atoms with Crippen molar-refractivity contribution in [3.8, 4) is 0 Å². The van der Waals surface area contributed by atoms with Crippen LogP contribution in [0, 0.1) is 20.2 Å². The minimum Gasteiger partial charge on any atom is -0.342 e. The molecule has 0 saturated carbocycles. The van der Waals surface area contributed by atoms with Gasteiger partial charge in [0.05, 0.1) is 32.0 Å². The van der Waals surface area contributed by atoms with Gasteiger partial charge in [0.25, 0.3) is 17.2 Å². The lowest BCUT2D eigenvalue weighted by atomic mass is 10.1. The van der Waals surface area contributed by atoms with E-state index >= 15 is 0 Å². The van der Waals surface area contributed by atoms with Crippen molar-refractivity contribution >= 4 is 44.5 Å². The molecule has 0 aliphatic rings. The molecule has 0 saturated heterocycles. The van der Waals surface area contributed by atoms with Crippen LogP contribution in [0.4, 0.5) is 37.7 Å². The summed E-state index contributed by atoms with van der Waals surface area (Å²) in [5.41, 5.74) is 0.214. The van der Waals surface area contributed by atoms with E-state index in [1.54, 1.807) is 34.9 Å². The minimum absolute atomic E-state index is 0.0313. The lowest BCUT2D eigenvalue weighted by Crippen LogP contribution is -2.22. The highest BCUT2D eigenvalue weighted by atomic mass is 19.4. The van der Waals surface area contributed by atoms with E-state index in [1.807, 2.05) is 30.3 Å². The van der Waals surface area contributed by atoms with E-state index in [1.165, 1.54) is 41.1 Å². The number of ketones is 1. The molecule has 256 valence electrons. The molecule has 0 spiro atoms. The van der Waals surface area contributed by atoms with E-state index in [0.717, 1.165) is 23.4 Å². The maximum absolute atomic E-state index is 13.1. The first-order valence-electron chi connectivity index (χ1n) is 14.5. The predicted octanol–water partition coefficient (Wildman–Crippen LogP) is 9.52. The van der Waals surface area contributed by atoms with Crippen LogP contribution >= 0.6 is 0 Å². The summed E-state index contributed by atoms with van der Waals surface area (Å²) < 4.78 is 80.8. The molecular formula is C35H24F6N4O5. The maximum Gasteiger partial charge on any atom is 0.454 e. The van der Waals surface area contributed by atoms with E-state index in [-0.39, 0.29) is 39.8 Å². The molecule has 2 heterocycles. The van der Waals surface area contributed by atoms with Gasteiger partial charge in [-0.05, 0) is 23.3 Å². The molecule has 4 aromatic carbocycles. The Morgan fingerprint density at radius 3 is 1.40 bits per heavy atom. The first-order valence-corrected chi connectivity index (χ1v) is 14.5. The Morgan fingerprint density at radius 1 is 0.620 bits per heavy atom. The van der Waals surface area contributed by atoms with Crippen molar-refractivity contribution in [3.05, 3.63) is 159 Å². The number of nitrogens with zero attached hydrogens (tertiary/aromatic N) is 4. The van der Waals surface area contributed by atoms with E-state index < -0.39 is 39.1 Å². The van der Waals surface area contributed by atoms with Gasteiger partial charge in [0.15, 0.2) is 0 Å². The van der Waals surface area contributed by atoms with Gasteiger partial charge in [-0.2, -0.15) is 26.3 Å². The van der Waals surface area contributed by atoms with Crippen molar-refractivity contribution in [2.24, 2.45) is 0 Å². The number of nitro groups is 2. The van der Waals surface area contributed by atoms with E-state index in [4.69, 9.17) is 0 Å². The Kier molecular flexibility index (Phi) is 9.61. The van der Waals surface area contributed by atoms with Crippen LogP contribution in [0.1, 0.15) is 27.0 Å². The second kappa shape index (κ2) is 13.7. The van der Waals surface area contributed by atoms with Gasteiger partial charge in [-0.1, -0.05) is 67.2 Å². The third-order valence-corrected chi connectivity index (χ3v) is 7.71. The maximum atomic E-state index is 13.1. The second-order valence-corrected chi connectivity index (χ2v) is 11.0. The summed E-state index contributed by atoms with van der Waals surface area (Å²) in [6.07, 6.45) is -7.16. The normalized spacial score (nSPS) is 11.6. The van der Waals surface area contributed by atoms with Gasteiger partial charge in [-0.25, -0.2) is 0 Å². The quantitative estimate of drug-likeness (QED) is 0.0682.